The quantitative estimate of drug-likeness (QED) is 0.742. The van der Waals surface area contributed by atoms with Gasteiger partial charge in [0.15, 0.2) is 0 Å². The zero-order chi connectivity index (χ0) is 9.73. The van der Waals surface area contributed by atoms with Gasteiger partial charge in [-0.1, -0.05) is 0 Å². The molecule has 0 bridgehead atoms. The number of carboxylic acids is 1. The second kappa shape index (κ2) is 5.12. The molecule has 1 aliphatic heterocycles. The summed E-state index contributed by atoms with van der Waals surface area (Å²) in [7, 11) is 0. The molecule has 1 aliphatic rings. The predicted octanol–water partition coefficient (Wildman–Crippen LogP) is 1.03. The van der Waals surface area contributed by atoms with Gasteiger partial charge in [0.1, 0.15) is 4.75 Å². The largest absolute Gasteiger partial charge is 0.480 e. The summed E-state index contributed by atoms with van der Waals surface area (Å²) in [5, 5.41) is 9.14. The number of rotatable bonds is 4. The molecule has 76 valence electrons. The molecule has 13 heavy (non-hydrogen) atoms. The minimum Gasteiger partial charge on any atom is -0.480 e. The van der Waals surface area contributed by atoms with E-state index in [1.54, 1.807) is 11.8 Å². The molecule has 1 saturated heterocycles. The molecule has 0 radical (unpaired) electrons. The van der Waals surface area contributed by atoms with E-state index in [2.05, 4.69) is 0 Å². The highest BCUT2D eigenvalue weighted by Gasteiger charge is 2.40. The smallest absolute Gasteiger partial charge is 0.320 e. The zero-order valence-corrected chi connectivity index (χ0v) is 9.12. The average Bonchev–Trinajstić information content (AvgIpc) is 2.16. The first kappa shape index (κ1) is 11.2. The number of aliphatic carboxylic acids is 1. The van der Waals surface area contributed by atoms with E-state index in [4.69, 9.17) is 10.8 Å². The number of hydrogen-bond donors (Lipinski definition) is 2. The Morgan fingerprint density at radius 2 is 2.46 bits per heavy atom. The highest BCUT2D eigenvalue weighted by molar-refractivity contribution is 8.04. The molecular formula is C8H15NO2S2. The van der Waals surface area contributed by atoms with Crippen molar-refractivity contribution >= 4 is 29.5 Å². The maximum absolute atomic E-state index is 11.1. The van der Waals surface area contributed by atoms with Crippen molar-refractivity contribution in [2.24, 2.45) is 5.73 Å². The van der Waals surface area contributed by atoms with Crippen LogP contribution in [0.15, 0.2) is 0 Å². The average molecular weight is 221 g/mol. The van der Waals surface area contributed by atoms with Crippen molar-refractivity contribution in [3.8, 4) is 0 Å². The zero-order valence-electron chi connectivity index (χ0n) is 7.49. The SMILES string of the molecule is NCCSC1(C(=O)O)CCCSC1. The first-order chi connectivity index (χ1) is 6.21. The topological polar surface area (TPSA) is 63.3 Å². The van der Waals surface area contributed by atoms with Gasteiger partial charge in [0.05, 0.1) is 0 Å². The second-order valence-corrected chi connectivity index (χ2v) is 5.68. The summed E-state index contributed by atoms with van der Waals surface area (Å²) in [5.74, 6) is 1.90. The highest BCUT2D eigenvalue weighted by atomic mass is 32.2. The van der Waals surface area contributed by atoms with Crippen LogP contribution in [0.4, 0.5) is 0 Å². The lowest BCUT2D eigenvalue weighted by Crippen LogP contribution is -2.41. The summed E-state index contributed by atoms with van der Waals surface area (Å²) in [5.41, 5.74) is 5.38. The van der Waals surface area contributed by atoms with E-state index < -0.39 is 10.7 Å². The fourth-order valence-electron chi connectivity index (χ4n) is 1.37. The van der Waals surface area contributed by atoms with Crippen LogP contribution >= 0.6 is 23.5 Å². The van der Waals surface area contributed by atoms with Gasteiger partial charge < -0.3 is 10.8 Å². The van der Waals surface area contributed by atoms with Crippen LogP contribution in [0.1, 0.15) is 12.8 Å². The summed E-state index contributed by atoms with van der Waals surface area (Å²) in [4.78, 5) is 11.1. The number of carbonyl (C=O) groups is 1. The molecule has 3 N–H and O–H groups in total. The Kier molecular flexibility index (Phi) is 4.41. The van der Waals surface area contributed by atoms with Crippen LogP contribution in [0.5, 0.6) is 0 Å². The van der Waals surface area contributed by atoms with Crippen molar-refractivity contribution < 1.29 is 9.90 Å². The molecule has 1 unspecified atom stereocenters. The lowest BCUT2D eigenvalue weighted by atomic mass is 10.1. The van der Waals surface area contributed by atoms with Gasteiger partial charge in [0.2, 0.25) is 0 Å². The van der Waals surface area contributed by atoms with Gasteiger partial charge in [-0.15, -0.1) is 11.8 Å². The van der Waals surface area contributed by atoms with Gasteiger partial charge >= 0.3 is 5.97 Å². The van der Waals surface area contributed by atoms with E-state index >= 15 is 0 Å². The van der Waals surface area contributed by atoms with Crippen molar-refractivity contribution in [2.75, 3.05) is 23.8 Å². The van der Waals surface area contributed by atoms with E-state index in [0.29, 0.717) is 6.54 Å². The van der Waals surface area contributed by atoms with E-state index in [0.717, 1.165) is 30.1 Å². The Hall–Kier alpha value is 0.130. The second-order valence-electron chi connectivity index (χ2n) is 3.09. The Balaban J connectivity index is 2.56. The van der Waals surface area contributed by atoms with Crippen molar-refractivity contribution in [3.05, 3.63) is 0 Å². The van der Waals surface area contributed by atoms with Gasteiger partial charge in [-0.25, -0.2) is 0 Å². The Labute approximate surface area is 86.8 Å². The van der Waals surface area contributed by atoms with Crippen LogP contribution in [0.25, 0.3) is 0 Å². The molecule has 1 heterocycles. The summed E-state index contributed by atoms with van der Waals surface area (Å²) in [6.45, 7) is 0.560. The van der Waals surface area contributed by atoms with Crippen molar-refractivity contribution in [1.82, 2.24) is 0 Å². The van der Waals surface area contributed by atoms with Crippen molar-refractivity contribution in [3.63, 3.8) is 0 Å². The van der Waals surface area contributed by atoms with Crippen LogP contribution < -0.4 is 5.73 Å². The molecule has 0 aromatic carbocycles. The molecule has 3 nitrogen and oxygen atoms in total. The number of thioether (sulfide) groups is 2. The van der Waals surface area contributed by atoms with Gasteiger partial charge in [-0.05, 0) is 18.6 Å². The van der Waals surface area contributed by atoms with Crippen LogP contribution in [0, 0.1) is 0 Å². The standard InChI is InChI=1S/C8H15NO2S2/c9-3-5-13-8(7(10)11)2-1-4-12-6-8/h1-6,9H2,(H,10,11). The fraction of sp³-hybridized carbons (Fsp3) is 0.875. The highest BCUT2D eigenvalue weighted by Crippen LogP contribution is 2.38. The summed E-state index contributed by atoms with van der Waals surface area (Å²) < 4.78 is -0.553. The maximum Gasteiger partial charge on any atom is 0.320 e. The number of hydrogen-bond acceptors (Lipinski definition) is 4. The van der Waals surface area contributed by atoms with E-state index in [9.17, 15) is 4.79 Å². The van der Waals surface area contributed by atoms with Crippen molar-refractivity contribution in [1.29, 1.82) is 0 Å². The van der Waals surface area contributed by atoms with Crippen molar-refractivity contribution in [2.45, 2.75) is 17.6 Å². The lowest BCUT2D eigenvalue weighted by Gasteiger charge is -2.31. The minimum absolute atomic E-state index is 0.553. The monoisotopic (exact) mass is 221 g/mol. The Morgan fingerprint density at radius 1 is 1.69 bits per heavy atom. The van der Waals surface area contributed by atoms with Crippen LogP contribution in [-0.2, 0) is 4.79 Å². The first-order valence-corrected chi connectivity index (χ1v) is 6.50. The van der Waals surface area contributed by atoms with Gasteiger partial charge in [-0.2, -0.15) is 11.8 Å². The molecule has 1 rings (SSSR count). The molecule has 0 aromatic rings. The molecule has 1 atom stereocenters. The Morgan fingerprint density at radius 3 is 2.92 bits per heavy atom. The van der Waals surface area contributed by atoms with Gasteiger partial charge in [-0.3, -0.25) is 4.79 Å². The van der Waals surface area contributed by atoms with Gasteiger partial charge in [0, 0.05) is 18.1 Å². The fourth-order valence-corrected chi connectivity index (χ4v) is 3.96. The third-order valence-electron chi connectivity index (χ3n) is 2.09. The molecule has 1 fully saturated rings. The molecule has 0 saturated carbocycles. The van der Waals surface area contributed by atoms with E-state index in [-0.39, 0.29) is 0 Å². The summed E-state index contributed by atoms with van der Waals surface area (Å²) in [6, 6.07) is 0. The molecular weight excluding hydrogens is 206 g/mol. The molecule has 0 aromatic heterocycles. The van der Waals surface area contributed by atoms with E-state index in [1.807, 2.05) is 0 Å². The maximum atomic E-state index is 11.1. The number of carboxylic acid groups (broad SMARTS) is 1. The van der Waals surface area contributed by atoms with Crippen LogP contribution in [0.3, 0.4) is 0 Å². The normalized spacial score (nSPS) is 28.7. The Bertz CT molecular complexity index is 181. The first-order valence-electron chi connectivity index (χ1n) is 4.36. The minimum atomic E-state index is -0.668. The van der Waals surface area contributed by atoms with E-state index in [1.165, 1.54) is 11.8 Å². The van der Waals surface area contributed by atoms with Crippen LogP contribution in [0.2, 0.25) is 0 Å². The predicted molar refractivity (Wildman–Crippen MR) is 58.4 cm³/mol. The van der Waals surface area contributed by atoms with Crippen LogP contribution in [-0.4, -0.2) is 39.6 Å². The molecule has 0 spiro atoms. The molecule has 5 heteroatoms. The summed E-state index contributed by atoms with van der Waals surface area (Å²) >= 11 is 3.25. The number of nitrogens with two attached hydrogens (primary N) is 1. The lowest BCUT2D eigenvalue weighted by molar-refractivity contribution is -0.139. The third kappa shape index (κ3) is 2.79. The molecule has 0 aliphatic carbocycles. The molecule has 0 amide bonds. The summed E-state index contributed by atoms with van der Waals surface area (Å²) in [6.07, 6.45) is 1.80. The third-order valence-corrected chi connectivity index (χ3v) is 5.06. The van der Waals surface area contributed by atoms with Gasteiger partial charge in [0.25, 0.3) is 0 Å².